The van der Waals surface area contributed by atoms with Crippen LogP contribution in [0.3, 0.4) is 0 Å². The van der Waals surface area contributed by atoms with E-state index in [1.54, 1.807) is 0 Å². The number of amides is 1. The Hall–Kier alpha value is -1.92. The Kier molecular flexibility index (Phi) is 57.0. The van der Waals surface area contributed by atoms with Crippen molar-refractivity contribution in [2.24, 2.45) is 0 Å². The van der Waals surface area contributed by atoms with E-state index in [0.29, 0.717) is 25.9 Å². The van der Waals surface area contributed by atoms with Gasteiger partial charge in [-0.05, 0) is 77.0 Å². The van der Waals surface area contributed by atoms with E-state index in [9.17, 15) is 19.8 Å². The van der Waals surface area contributed by atoms with Gasteiger partial charge in [0.15, 0.2) is 0 Å². The molecule has 0 rings (SSSR count). The highest BCUT2D eigenvalue weighted by Crippen LogP contribution is 2.17. The van der Waals surface area contributed by atoms with Crippen LogP contribution in [0.5, 0.6) is 0 Å². The summed E-state index contributed by atoms with van der Waals surface area (Å²) in [5.41, 5.74) is 0. The van der Waals surface area contributed by atoms with Gasteiger partial charge in [-0.3, -0.25) is 9.59 Å². The molecule has 0 heterocycles. The maximum atomic E-state index is 12.5. The largest absolute Gasteiger partial charge is 0.466 e. The van der Waals surface area contributed by atoms with Crippen molar-refractivity contribution in [1.82, 2.24) is 5.32 Å². The first kappa shape index (κ1) is 67.1. The summed E-state index contributed by atoms with van der Waals surface area (Å²) in [5.74, 6) is -0.0389. The third-order valence-electron chi connectivity index (χ3n) is 14.2. The van der Waals surface area contributed by atoms with Gasteiger partial charge in [0.1, 0.15) is 0 Å². The van der Waals surface area contributed by atoms with Crippen LogP contribution in [0.15, 0.2) is 36.5 Å². The lowest BCUT2D eigenvalue weighted by atomic mass is 10.0. The molecular weight excluding hydrogens is 851 g/mol. The summed E-state index contributed by atoms with van der Waals surface area (Å²) in [6, 6.07) is -0.543. The van der Waals surface area contributed by atoms with Crippen LogP contribution in [-0.2, 0) is 14.3 Å². The summed E-state index contributed by atoms with van der Waals surface area (Å²) in [7, 11) is 0. The van der Waals surface area contributed by atoms with Gasteiger partial charge >= 0.3 is 5.97 Å². The Bertz CT molecular complexity index is 1120. The van der Waals surface area contributed by atoms with Crippen LogP contribution in [0.4, 0.5) is 0 Å². The Labute approximate surface area is 430 Å². The van der Waals surface area contributed by atoms with Crippen molar-refractivity contribution in [3.05, 3.63) is 36.5 Å². The lowest BCUT2D eigenvalue weighted by Gasteiger charge is -2.22. The molecule has 0 aliphatic heterocycles. The number of nitrogens with one attached hydrogen (secondary N) is 1. The van der Waals surface area contributed by atoms with Crippen molar-refractivity contribution in [2.75, 3.05) is 13.2 Å². The van der Waals surface area contributed by atoms with Crippen molar-refractivity contribution >= 4 is 11.9 Å². The standard InChI is InChI=1S/C63H119NO5/c1-3-5-7-9-11-13-15-17-33-37-41-45-49-53-57-63(68)69-58-54-50-46-42-38-34-30-28-26-24-22-20-18-19-21-23-25-27-29-32-36-40-44-48-52-56-62(67)64-60(59-65)61(66)55-51-47-43-39-35-31-16-14-12-10-8-6-4-2/h9,11,15,17,19,21,60-61,65-66H,3-8,10,12-14,16,18,20,22-59H2,1-2H3,(H,64,67)/b11-9-,17-15-,21-19-. The van der Waals surface area contributed by atoms with Gasteiger partial charge in [-0.1, -0.05) is 275 Å². The van der Waals surface area contributed by atoms with Crippen LogP contribution < -0.4 is 5.32 Å². The quantitative estimate of drug-likeness (QED) is 0.0321. The molecule has 0 aromatic rings. The molecule has 0 aliphatic carbocycles. The molecule has 0 fully saturated rings. The number of hydrogen-bond acceptors (Lipinski definition) is 5. The van der Waals surface area contributed by atoms with Crippen molar-refractivity contribution in [2.45, 2.75) is 341 Å². The predicted molar refractivity (Wildman–Crippen MR) is 301 cm³/mol. The summed E-state index contributed by atoms with van der Waals surface area (Å²) in [6.07, 6.45) is 73.0. The van der Waals surface area contributed by atoms with Gasteiger partial charge in [0.25, 0.3) is 0 Å². The Morgan fingerprint density at radius 2 is 0.739 bits per heavy atom. The first-order valence-corrected chi connectivity index (χ1v) is 30.7. The molecular formula is C63H119NO5. The van der Waals surface area contributed by atoms with E-state index >= 15 is 0 Å². The number of allylic oxidation sites excluding steroid dienone is 6. The molecule has 0 saturated carbocycles. The van der Waals surface area contributed by atoms with Gasteiger partial charge in [-0.2, -0.15) is 0 Å². The molecule has 0 bridgehead atoms. The number of aliphatic hydroxyl groups is 2. The van der Waals surface area contributed by atoms with E-state index in [1.165, 1.54) is 244 Å². The molecule has 0 radical (unpaired) electrons. The van der Waals surface area contributed by atoms with Crippen LogP contribution in [0.2, 0.25) is 0 Å². The van der Waals surface area contributed by atoms with E-state index in [-0.39, 0.29) is 18.5 Å². The number of esters is 1. The Balaban J connectivity index is 3.39. The smallest absolute Gasteiger partial charge is 0.305 e. The van der Waals surface area contributed by atoms with E-state index in [4.69, 9.17) is 4.74 Å². The van der Waals surface area contributed by atoms with Gasteiger partial charge in [-0.25, -0.2) is 0 Å². The average molecular weight is 971 g/mol. The maximum Gasteiger partial charge on any atom is 0.305 e. The van der Waals surface area contributed by atoms with E-state index in [2.05, 4.69) is 55.6 Å². The van der Waals surface area contributed by atoms with Crippen LogP contribution in [0, 0.1) is 0 Å². The third-order valence-corrected chi connectivity index (χ3v) is 14.2. The summed E-state index contributed by atoms with van der Waals surface area (Å²) in [6.45, 7) is 4.91. The minimum Gasteiger partial charge on any atom is -0.466 e. The summed E-state index contributed by atoms with van der Waals surface area (Å²) in [4.78, 5) is 24.5. The van der Waals surface area contributed by atoms with Gasteiger partial charge in [0, 0.05) is 12.8 Å². The fourth-order valence-corrected chi connectivity index (χ4v) is 9.42. The number of rotatable bonds is 57. The molecule has 69 heavy (non-hydrogen) atoms. The normalized spacial score (nSPS) is 12.8. The van der Waals surface area contributed by atoms with Gasteiger partial charge in [0.05, 0.1) is 25.4 Å². The first-order chi connectivity index (χ1) is 34.0. The SMILES string of the molecule is CCCC/C=C\C/C=C\CCCCCCCC(=O)OCCCCCCCCCCCCCC/C=C\CCCCCCCCCCCC(=O)NC(CO)C(O)CCCCCCCCCCCCCCC. The highest BCUT2D eigenvalue weighted by Gasteiger charge is 2.20. The zero-order valence-electron chi connectivity index (χ0n) is 46.3. The van der Waals surface area contributed by atoms with E-state index in [0.717, 1.165) is 51.4 Å². The maximum absolute atomic E-state index is 12.5. The Morgan fingerprint density at radius 1 is 0.406 bits per heavy atom. The van der Waals surface area contributed by atoms with Gasteiger partial charge in [-0.15, -0.1) is 0 Å². The second kappa shape index (κ2) is 58.6. The fourth-order valence-electron chi connectivity index (χ4n) is 9.42. The second-order valence-electron chi connectivity index (χ2n) is 21.0. The number of hydrogen-bond donors (Lipinski definition) is 3. The number of ether oxygens (including phenoxy) is 1. The molecule has 0 saturated heterocycles. The first-order valence-electron chi connectivity index (χ1n) is 30.7. The number of unbranched alkanes of at least 4 members (excludes halogenated alkanes) is 40. The molecule has 2 unspecified atom stereocenters. The van der Waals surface area contributed by atoms with Gasteiger partial charge < -0.3 is 20.3 Å². The molecule has 0 aliphatic rings. The monoisotopic (exact) mass is 970 g/mol. The average Bonchev–Trinajstić information content (AvgIpc) is 3.35. The highest BCUT2D eigenvalue weighted by molar-refractivity contribution is 5.76. The lowest BCUT2D eigenvalue weighted by molar-refractivity contribution is -0.143. The van der Waals surface area contributed by atoms with Crippen LogP contribution in [0.1, 0.15) is 328 Å². The molecule has 406 valence electrons. The molecule has 1 amide bonds. The van der Waals surface area contributed by atoms with Crippen LogP contribution in [0.25, 0.3) is 0 Å². The number of aliphatic hydroxyl groups excluding tert-OH is 2. The van der Waals surface area contributed by atoms with Crippen molar-refractivity contribution in [1.29, 1.82) is 0 Å². The predicted octanol–water partition coefficient (Wildman–Crippen LogP) is 19.2. The van der Waals surface area contributed by atoms with Gasteiger partial charge in [0.2, 0.25) is 5.91 Å². The molecule has 0 aromatic carbocycles. The molecule has 6 nitrogen and oxygen atoms in total. The third kappa shape index (κ3) is 55.2. The molecule has 3 N–H and O–H groups in total. The zero-order valence-corrected chi connectivity index (χ0v) is 46.3. The van der Waals surface area contributed by atoms with Crippen molar-refractivity contribution in [3.8, 4) is 0 Å². The number of carbonyl (C=O) groups excluding carboxylic acids is 2. The minimum atomic E-state index is -0.665. The van der Waals surface area contributed by atoms with Crippen molar-refractivity contribution < 1.29 is 24.5 Å². The van der Waals surface area contributed by atoms with Crippen LogP contribution in [-0.4, -0.2) is 47.4 Å². The van der Waals surface area contributed by atoms with Crippen molar-refractivity contribution in [3.63, 3.8) is 0 Å². The molecule has 2 atom stereocenters. The summed E-state index contributed by atoms with van der Waals surface area (Å²) in [5, 5.41) is 23.2. The highest BCUT2D eigenvalue weighted by atomic mass is 16.5. The molecule has 6 heteroatoms. The molecule has 0 spiro atoms. The summed E-state index contributed by atoms with van der Waals surface area (Å²) >= 11 is 0. The Morgan fingerprint density at radius 3 is 1.16 bits per heavy atom. The van der Waals surface area contributed by atoms with Crippen LogP contribution >= 0.6 is 0 Å². The molecule has 0 aromatic heterocycles. The van der Waals surface area contributed by atoms with E-state index in [1.807, 2.05) is 0 Å². The zero-order chi connectivity index (χ0) is 50.0. The topological polar surface area (TPSA) is 95.9 Å². The number of carbonyl (C=O) groups is 2. The fraction of sp³-hybridized carbons (Fsp3) is 0.873. The van der Waals surface area contributed by atoms with E-state index < -0.39 is 12.1 Å². The minimum absolute atomic E-state index is 0.00127. The second-order valence-corrected chi connectivity index (χ2v) is 21.0. The lowest BCUT2D eigenvalue weighted by Crippen LogP contribution is -2.45. The summed E-state index contributed by atoms with van der Waals surface area (Å²) < 4.78 is 5.47.